The molecule has 0 aliphatic heterocycles. The number of carboxylic acid groups (broad SMARTS) is 1. The van der Waals surface area contributed by atoms with Crippen LogP contribution in [0.15, 0.2) is 0 Å². The molecule has 5 nitrogen and oxygen atoms in total. The predicted molar refractivity (Wildman–Crippen MR) is 71.5 cm³/mol. The molecule has 0 unspecified atom stereocenters. The van der Waals surface area contributed by atoms with E-state index in [0.717, 1.165) is 0 Å². The number of carbonyl (C=O) groups excluding carboxylic acids is 1. The maximum atomic E-state index is 12.2. The average Bonchev–Trinajstić information content (AvgIpc) is 2.13. The van der Waals surface area contributed by atoms with Gasteiger partial charge < -0.3 is 10.0 Å². The zero-order valence-electron chi connectivity index (χ0n) is 12.3. The Kier molecular flexibility index (Phi) is 6.91. The normalized spacial score (nSPS) is 11.7. The van der Waals surface area contributed by atoms with Gasteiger partial charge in [-0.25, -0.2) is 0 Å². The van der Waals surface area contributed by atoms with Crippen LogP contribution in [0.3, 0.4) is 0 Å². The summed E-state index contributed by atoms with van der Waals surface area (Å²) in [7, 11) is 0. The number of hydrogen-bond donors (Lipinski definition) is 1. The van der Waals surface area contributed by atoms with Gasteiger partial charge in [0.15, 0.2) is 0 Å². The second-order valence-electron chi connectivity index (χ2n) is 5.38. The summed E-state index contributed by atoms with van der Waals surface area (Å²) < 4.78 is 0. The van der Waals surface area contributed by atoms with Crippen molar-refractivity contribution in [2.75, 3.05) is 13.1 Å². The maximum absolute atomic E-state index is 12.2. The topological polar surface area (TPSA) is 60.9 Å². The standard InChI is InChI=1S/C13H26N2O3/c1-9(2)14(8-13(17)18)7-12(16)15(10(3)4)11(5)6/h9-11H,7-8H2,1-6H3,(H,17,18). The van der Waals surface area contributed by atoms with E-state index >= 15 is 0 Å². The van der Waals surface area contributed by atoms with Crippen molar-refractivity contribution >= 4 is 11.9 Å². The van der Waals surface area contributed by atoms with Gasteiger partial charge in [0.2, 0.25) is 5.91 Å². The van der Waals surface area contributed by atoms with Crippen LogP contribution in [0.4, 0.5) is 0 Å². The summed E-state index contributed by atoms with van der Waals surface area (Å²) >= 11 is 0. The Morgan fingerprint density at radius 2 is 1.33 bits per heavy atom. The predicted octanol–water partition coefficient (Wildman–Crippen LogP) is 1.43. The van der Waals surface area contributed by atoms with Crippen LogP contribution in [0.25, 0.3) is 0 Å². The van der Waals surface area contributed by atoms with Gasteiger partial charge in [-0.05, 0) is 41.5 Å². The monoisotopic (exact) mass is 258 g/mol. The minimum Gasteiger partial charge on any atom is -0.480 e. The number of carboxylic acids is 1. The molecule has 0 rings (SSSR count). The van der Waals surface area contributed by atoms with Gasteiger partial charge >= 0.3 is 5.97 Å². The van der Waals surface area contributed by atoms with Gasteiger partial charge in [0.05, 0.1) is 13.1 Å². The van der Waals surface area contributed by atoms with Crippen molar-refractivity contribution in [1.29, 1.82) is 0 Å². The molecule has 0 fully saturated rings. The van der Waals surface area contributed by atoms with Crippen molar-refractivity contribution in [2.24, 2.45) is 0 Å². The molecule has 5 heteroatoms. The molecule has 0 radical (unpaired) electrons. The van der Waals surface area contributed by atoms with Crippen LogP contribution in [-0.4, -0.2) is 58.0 Å². The van der Waals surface area contributed by atoms with Crippen molar-refractivity contribution in [2.45, 2.75) is 59.7 Å². The molecule has 0 aromatic rings. The van der Waals surface area contributed by atoms with Crippen molar-refractivity contribution in [1.82, 2.24) is 9.80 Å². The van der Waals surface area contributed by atoms with Gasteiger partial charge in [-0.3, -0.25) is 14.5 Å². The Bertz CT molecular complexity index is 280. The largest absolute Gasteiger partial charge is 0.480 e. The second kappa shape index (κ2) is 7.36. The number of amides is 1. The zero-order valence-corrected chi connectivity index (χ0v) is 12.3. The first-order valence-electron chi connectivity index (χ1n) is 6.43. The third kappa shape index (κ3) is 5.49. The summed E-state index contributed by atoms with van der Waals surface area (Å²) in [4.78, 5) is 26.4. The first-order valence-corrected chi connectivity index (χ1v) is 6.43. The summed E-state index contributed by atoms with van der Waals surface area (Å²) in [5.41, 5.74) is 0. The number of rotatable bonds is 7. The van der Waals surface area contributed by atoms with E-state index in [-0.39, 0.29) is 37.1 Å². The fraction of sp³-hybridized carbons (Fsp3) is 0.846. The number of hydrogen-bond acceptors (Lipinski definition) is 3. The molecule has 0 aromatic carbocycles. The summed E-state index contributed by atoms with van der Waals surface area (Å²) in [6.45, 7) is 11.7. The molecule has 0 atom stereocenters. The Labute approximate surface area is 110 Å². The molecule has 0 saturated heterocycles. The van der Waals surface area contributed by atoms with E-state index in [1.165, 1.54) is 0 Å². The molecule has 0 bridgehead atoms. The van der Waals surface area contributed by atoms with Crippen LogP contribution in [0.1, 0.15) is 41.5 Å². The minimum atomic E-state index is -0.905. The van der Waals surface area contributed by atoms with Gasteiger partial charge in [-0.1, -0.05) is 0 Å². The Morgan fingerprint density at radius 3 is 1.61 bits per heavy atom. The molecule has 18 heavy (non-hydrogen) atoms. The number of nitrogens with zero attached hydrogens (tertiary/aromatic N) is 2. The maximum Gasteiger partial charge on any atom is 0.317 e. The van der Waals surface area contributed by atoms with Crippen LogP contribution in [-0.2, 0) is 9.59 Å². The molecule has 0 spiro atoms. The van der Waals surface area contributed by atoms with Gasteiger partial charge in [-0.2, -0.15) is 0 Å². The SMILES string of the molecule is CC(C)N(CC(=O)O)CC(=O)N(C(C)C)C(C)C. The minimum absolute atomic E-state index is 0.0186. The van der Waals surface area contributed by atoms with Crippen LogP contribution >= 0.6 is 0 Å². The van der Waals surface area contributed by atoms with Crippen molar-refractivity contribution < 1.29 is 14.7 Å². The fourth-order valence-corrected chi connectivity index (χ4v) is 2.02. The van der Waals surface area contributed by atoms with Gasteiger partial charge in [0.25, 0.3) is 0 Å². The highest BCUT2D eigenvalue weighted by Gasteiger charge is 2.24. The van der Waals surface area contributed by atoms with Crippen molar-refractivity contribution in [3.05, 3.63) is 0 Å². The fourth-order valence-electron chi connectivity index (χ4n) is 2.02. The van der Waals surface area contributed by atoms with Gasteiger partial charge in [-0.15, -0.1) is 0 Å². The summed E-state index contributed by atoms with van der Waals surface area (Å²) in [5, 5.41) is 8.84. The Balaban J connectivity index is 4.71. The Hall–Kier alpha value is -1.10. The average molecular weight is 258 g/mol. The van der Waals surface area contributed by atoms with Crippen LogP contribution in [0, 0.1) is 0 Å². The molecule has 0 heterocycles. The quantitative estimate of drug-likeness (QED) is 0.750. The van der Waals surface area contributed by atoms with Gasteiger partial charge in [0, 0.05) is 18.1 Å². The lowest BCUT2D eigenvalue weighted by Gasteiger charge is -2.34. The lowest BCUT2D eigenvalue weighted by Crippen LogP contribution is -2.49. The Morgan fingerprint density at radius 1 is 0.889 bits per heavy atom. The van der Waals surface area contributed by atoms with E-state index in [4.69, 9.17) is 5.11 Å². The first-order chi connectivity index (χ1) is 8.16. The van der Waals surface area contributed by atoms with E-state index in [2.05, 4.69) is 0 Å². The second-order valence-corrected chi connectivity index (χ2v) is 5.38. The highest BCUT2D eigenvalue weighted by Crippen LogP contribution is 2.08. The van der Waals surface area contributed by atoms with E-state index in [9.17, 15) is 9.59 Å². The van der Waals surface area contributed by atoms with Gasteiger partial charge in [0.1, 0.15) is 0 Å². The van der Waals surface area contributed by atoms with E-state index in [1.807, 2.05) is 41.5 Å². The van der Waals surface area contributed by atoms with E-state index in [1.54, 1.807) is 9.80 Å². The molecule has 106 valence electrons. The molecule has 1 N–H and O–H groups in total. The molecule has 0 aliphatic carbocycles. The van der Waals surface area contributed by atoms with Crippen molar-refractivity contribution in [3.63, 3.8) is 0 Å². The molecular weight excluding hydrogens is 232 g/mol. The van der Waals surface area contributed by atoms with Crippen LogP contribution < -0.4 is 0 Å². The highest BCUT2D eigenvalue weighted by molar-refractivity contribution is 5.79. The third-order valence-corrected chi connectivity index (χ3v) is 2.81. The van der Waals surface area contributed by atoms with Crippen LogP contribution in [0.5, 0.6) is 0 Å². The highest BCUT2D eigenvalue weighted by atomic mass is 16.4. The molecule has 0 aromatic heterocycles. The number of carbonyl (C=O) groups is 2. The molecule has 1 amide bonds. The van der Waals surface area contributed by atoms with Crippen LogP contribution in [0.2, 0.25) is 0 Å². The smallest absolute Gasteiger partial charge is 0.317 e. The van der Waals surface area contributed by atoms with E-state index < -0.39 is 5.97 Å². The molecule has 0 saturated carbocycles. The summed E-state index contributed by atoms with van der Waals surface area (Å²) in [6.07, 6.45) is 0. The third-order valence-electron chi connectivity index (χ3n) is 2.81. The summed E-state index contributed by atoms with van der Waals surface area (Å²) in [5.74, 6) is -0.924. The first kappa shape index (κ1) is 16.9. The lowest BCUT2D eigenvalue weighted by molar-refractivity contribution is -0.141. The van der Waals surface area contributed by atoms with E-state index in [0.29, 0.717) is 0 Å². The zero-order chi connectivity index (χ0) is 14.5. The summed E-state index contributed by atoms with van der Waals surface area (Å²) in [6, 6.07) is 0.277. The van der Waals surface area contributed by atoms with Crippen molar-refractivity contribution in [3.8, 4) is 0 Å². The number of aliphatic carboxylic acids is 1. The lowest BCUT2D eigenvalue weighted by atomic mass is 10.2. The molecule has 0 aliphatic rings. The molecular formula is C13H26N2O3.